The summed E-state index contributed by atoms with van der Waals surface area (Å²) in [6.07, 6.45) is 0. The van der Waals surface area contributed by atoms with Crippen molar-refractivity contribution in [3.63, 3.8) is 0 Å². The standard InChI is InChI=1S/C21H21N5O/c1-13-9-11-16(12-10-13)19-18(20(27)24-17-7-5-4-6-8-17)14(2)22-21-23-15(3)25-26(19)21/h4-12,19H,1-3H3,(H,24,27)(H,22,23,25)/t19-/m1/s1. The Kier molecular flexibility index (Phi) is 4.24. The highest BCUT2D eigenvalue weighted by molar-refractivity contribution is 6.06. The van der Waals surface area contributed by atoms with Crippen molar-refractivity contribution in [2.75, 3.05) is 10.6 Å². The highest BCUT2D eigenvalue weighted by Crippen LogP contribution is 2.35. The molecule has 0 saturated heterocycles. The van der Waals surface area contributed by atoms with Crippen LogP contribution in [0.2, 0.25) is 0 Å². The molecule has 2 aromatic carbocycles. The van der Waals surface area contributed by atoms with Gasteiger partial charge in [0, 0.05) is 11.4 Å². The van der Waals surface area contributed by atoms with E-state index in [2.05, 4.69) is 20.7 Å². The van der Waals surface area contributed by atoms with Gasteiger partial charge in [-0.05, 0) is 38.5 Å². The number of para-hydroxylation sites is 1. The van der Waals surface area contributed by atoms with E-state index in [-0.39, 0.29) is 11.9 Å². The van der Waals surface area contributed by atoms with Gasteiger partial charge in [-0.15, -0.1) is 0 Å². The van der Waals surface area contributed by atoms with Crippen molar-refractivity contribution in [1.29, 1.82) is 0 Å². The first-order valence-electron chi connectivity index (χ1n) is 8.87. The van der Waals surface area contributed by atoms with E-state index in [1.165, 1.54) is 5.56 Å². The summed E-state index contributed by atoms with van der Waals surface area (Å²) in [5.41, 5.74) is 4.31. The Hall–Kier alpha value is -3.41. The summed E-state index contributed by atoms with van der Waals surface area (Å²) in [5.74, 6) is 1.15. The lowest BCUT2D eigenvalue weighted by Crippen LogP contribution is -2.31. The predicted molar refractivity (Wildman–Crippen MR) is 105 cm³/mol. The van der Waals surface area contributed by atoms with E-state index in [0.717, 1.165) is 16.9 Å². The predicted octanol–water partition coefficient (Wildman–Crippen LogP) is 3.82. The number of carbonyl (C=O) groups excluding carboxylic acids is 1. The van der Waals surface area contributed by atoms with E-state index < -0.39 is 0 Å². The first kappa shape index (κ1) is 17.0. The fourth-order valence-corrected chi connectivity index (χ4v) is 3.33. The van der Waals surface area contributed by atoms with Gasteiger partial charge in [0.25, 0.3) is 5.91 Å². The number of hydrogen-bond donors (Lipinski definition) is 2. The van der Waals surface area contributed by atoms with Crippen molar-refractivity contribution >= 4 is 17.5 Å². The lowest BCUT2D eigenvalue weighted by atomic mass is 9.94. The van der Waals surface area contributed by atoms with Crippen LogP contribution in [-0.4, -0.2) is 20.7 Å². The maximum atomic E-state index is 13.2. The van der Waals surface area contributed by atoms with E-state index in [9.17, 15) is 4.79 Å². The SMILES string of the molecule is CC1=C(C(=O)Nc2ccccc2)[C@@H](c2ccc(C)cc2)n2nc(C)nc2N1. The number of allylic oxidation sites excluding steroid dienone is 1. The van der Waals surface area contributed by atoms with Gasteiger partial charge in [0.05, 0.1) is 5.57 Å². The zero-order chi connectivity index (χ0) is 19.0. The van der Waals surface area contributed by atoms with Crippen LogP contribution < -0.4 is 10.6 Å². The molecule has 0 fully saturated rings. The molecule has 6 nitrogen and oxygen atoms in total. The summed E-state index contributed by atoms with van der Waals surface area (Å²) in [7, 11) is 0. The maximum absolute atomic E-state index is 13.2. The minimum Gasteiger partial charge on any atom is -0.328 e. The average Bonchev–Trinajstić information content (AvgIpc) is 3.01. The molecule has 0 bridgehead atoms. The van der Waals surface area contributed by atoms with Gasteiger partial charge in [0.15, 0.2) is 0 Å². The van der Waals surface area contributed by atoms with Crippen molar-refractivity contribution < 1.29 is 4.79 Å². The molecule has 27 heavy (non-hydrogen) atoms. The molecule has 6 heteroatoms. The van der Waals surface area contributed by atoms with Gasteiger partial charge < -0.3 is 10.6 Å². The van der Waals surface area contributed by atoms with Crippen molar-refractivity contribution in [3.05, 3.63) is 82.8 Å². The van der Waals surface area contributed by atoms with Crippen LogP contribution in [0.1, 0.15) is 29.9 Å². The largest absolute Gasteiger partial charge is 0.328 e. The Morgan fingerprint density at radius 1 is 1.04 bits per heavy atom. The monoisotopic (exact) mass is 359 g/mol. The van der Waals surface area contributed by atoms with Gasteiger partial charge in [0.1, 0.15) is 11.9 Å². The molecule has 1 amide bonds. The number of anilines is 2. The molecule has 0 radical (unpaired) electrons. The quantitative estimate of drug-likeness (QED) is 0.746. The summed E-state index contributed by atoms with van der Waals surface area (Å²) in [6, 6.07) is 17.3. The topological polar surface area (TPSA) is 71.8 Å². The van der Waals surface area contributed by atoms with E-state index in [1.54, 1.807) is 4.68 Å². The molecule has 0 saturated carbocycles. The van der Waals surface area contributed by atoms with Crippen LogP contribution in [0.25, 0.3) is 0 Å². The molecule has 0 spiro atoms. The van der Waals surface area contributed by atoms with Crippen LogP contribution in [0, 0.1) is 13.8 Å². The molecule has 0 unspecified atom stereocenters. The minimum atomic E-state index is -0.341. The summed E-state index contributed by atoms with van der Waals surface area (Å²) in [4.78, 5) is 17.6. The van der Waals surface area contributed by atoms with Crippen molar-refractivity contribution in [1.82, 2.24) is 14.8 Å². The highest BCUT2D eigenvalue weighted by Gasteiger charge is 2.33. The molecule has 136 valence electrons. The molecule has 4 rings (SSSR count). The van der Waals surface area contributed by atoms with Gasteiger partial charge >= 0.3 is 0 Å². The first-order valence-corrected chi connectivity index (χ1v) is 8.87. The Morgan fingerprint density at radius 3 is 2.44 bits per heavy atom. The summed E-state index contributed by atoms with van der Waals surface area (Å²) in [5, 5.41) is 10.7. The smallest absolute Gasteiger partial charge is 0.255 e. The summed E-state index contributed by atoms with van der Waals surface area (Å²) in [6.45, 7) is 5.79. The van der Waals surface area contributed by atoms with E-state index in [4.69, 9.17) is 0 Å². The molecule has 1 atom stereocenters. The van der Waals surface area contributed by atoms with E-state index >= 15 is 0 Å². The van der Waals surface area contributed by atoms with E-state index in [1.807, 2.05) is 75.4 Å². The number of hydrogen-bond acceptors (Lipinski definition) is 4. The normalized spacial score (nSPS) is 15.9. The fourth-order valence-electron chi connectivity index (χ4n) is 3.33. The Bertz CT molecular complexity index is 1020. The van der Waals surface area contributed by atoms with Crippen molar-refractivity contribution in [3.8, 4) is 0 Å². The number of nitrogens with one attached hydrogen (secondary N) is 2. The van der Waals surface area contributed by atoms with Gasteiger partial charge in [0.2, 0.25) is 5.95 Å². The molecule has 1 aromatic heterocycles. The first-order chi connectivity index (χ1) is 13.0. The van der Waals surface area contributed by atoms with Crippen LogP contribution in [0.3, 0.4) is 0 Å². The molecule has 2 N–H and O–H groups in total. The summed E-state index contributed by atoms with van der Waals surface area (Å²) < 4.78 is 1.78. The number of benzene rings is 2. The van der Waals surface area contributed by atoms with Gasteiger partial charge in [-0.25, -0.2) is 4.68 Å². The van der Waals surface area contributed by atoms with Crippen LogP contribution >= 0.6 is 0 Å². The van der Waals surface area contributed by atoms with Gasteiger partial charge in [-0.3, -0.25) is 4.79 Å². The highest BCUT2D eigenvalue weighted by atomic mass is 16.1. The number of nitrogens with zero attached hydrogens (tertiary/aromatic N) is 3. The number of amides is 1. The second kappa shape index (κ2) is 6.72. The van der Waals surface area contributed by atoms with Gasteiger partial charge in [-0.2, -0.15) is 10.1 Å². The van der Waals surface area contributed by atoms with Gasteiger partial charge in [-0.1, -0.05) is 48.0 Å². The van der Waals surface area contributed by atoms with Crippen molar-refractivity contribution in [2.45, 2.75) is 26.8 Å². The van der Waals surface area contributed by atoms with Crippen LogP contribution in [0.4, 0.5) is 11.6 Å². The molecular formula is C21H21N5O. The zero-order valence-electron chi connectivity index (χ0n) is 15.5. The lowest BCUT2D eigenvalue weighted by molar-refractivity contribution is -0.113. The molecule has 0 aliphatic carbocycles. The maximum Gasteiger partial charge on any atom is 0.255 e. The number of aromatic nitrogens is 3. The van der Waals surface area contributed by atoms with Crippen molar-refractivity contribution in [2.24, 2.45) is 0 Å². The second-order valence-electron chi connectivity index (χ2n) is 6.72. The van der Waals surface area contributed by atoms with E-state index in [0.29, 0.717) is 17.3 Å². The fraction of sp³-hybridized carbons (Fsp3) is 0.190. The van der Waals surface area contributed by atoms with Crippen LogP contribution in [-0.2, 0) is 4.79 Å². The lowest BCUT2D eigenvalue weighted by Gasteiger charge is -2.28. The second-order valence-corrected chi connectivity index (χ2v) is 6.72. The number of aryl methyl sites for hydroxylation is 2. The third-order valence-electron chi connectivity index (χ3n) is 4.63. The molecule has 2 heterocycles. The number of carbonyl (C=O) groups is 1. The summed E-state index contributed by atoms with van der Waals surface area (Å²) >= 11 is 0. The number of rotatable bonds is 3. The third kappa shape index (κ3) is 3.21. The third-order valence-corrected chi connectivity index (χ3v) is 4.63. The minimum absolute atomic E-state index is 0.157. The van der Waals surface area contributed by atoms with Crippen LogP contribution in [0.15, 0.2) is 65.9 Å². The average molecular weight is 359 g/mol. The number of fused-ring (bicyclic) bond motifs is 1. The molecule has 3 aromatic rings. The Morgan fingerprint density at radius 2 is 1.74 bits per heavy atom. The Balaban J connectivity index is 1.79. The molecular weight excluding hydrogens is 338 g/mol. The van der Waals surface area contributed by atoms with Crippen LogP contribution in [0.5, 0.6) is 0 Å². The molecule has 1 aliphatic rings. The Labute approximate surface area is 157 Å². The molecule has 1 aliphatic heterocycles. The zero-order valence-corrected chi connectivity index (χ0v) is 15.5.